The van der Waals surface area contributed by atoms with Crippen molar-refractivity contribution in [1.29, 1.82) is 0 Å². The summed E-state index contributed by atoms with van der Waals surface area (Å²) >= 11 is 0. The van der Waals surface area contributed by atoms with Gasteiger partial charge in [-0.2, -0.15) is 0 Å². The van der Waals surface area contributed by atoms with Gasteiger partial charge in [0.1, 0.15) is 5.56 Å². The van der Waals surface area contributed by atoms with Crippen molar-refractivity contribution in [3.05, 3.63) is 27.9 Å². The zero-order valence-electron chi connectivity index (χ0n) is 8.61. The van der Waals surface area contributed by atoms with Gasteiger partial charge in [-0.1, -0.05) is 6.92 Å². The number of rotatable bonds is 4. The molecule has 7 nitrogen and oxygen atoms in total. The Kier molecular flexibility index (Phi) is 3.76. The highest BCUT2D eigenvalue weighted by molar-refractivity contribution is 5.93. The molecule has 0 atom stereocenters. The molecule has 3 N–H and O–H groups in total. The number of hydrogen-bond donors (Lipinski definition) is 3. The Balaban J connectivity index is 2.95. The molecule has 0 spiro atoms. The van der Waals surface area contributed by atoms with Gasteiger partial charge in [0.2, 0.25) is 5.82 Å². The molecule has 0 saturated heterocycles. The lowest BCUT2D eigenvalue weighted by atomic mass is 10.3. The van der Waals surface area contributed by atoms with E-state index in [1.54, 1.807) is 0 Å². The van der Waals surface area contributed by atoms with Crippen LogP contribution in [0.1, 0.15) is 34.3 Å². The van der Waals surface area contributed by atoms with E-state index >= 15 is 0 Å². The van der Waals surface area contributed by atoms with Crippen LogP contribution in [0.15, 0.2) is 11.0 Å². The molecule has 0 aromatic carbocycles. The van der Waals surface area contributed by atoms with Crippen molar-refractivity contribution in [1.82, 2.24) is 15.3 Å². The number of nitrogens with one attached hydrogen (secondary N) is 2. The SMILES string of the molecule is CCCNC(=O)c1cnc(C(=O)O)[nH]c1=O. The van der Waals surface area contributed by atoms with E-state index < -0.39 is 23.3 Å². The first kappa shape index (κ1) is 11.9. The van der Waals surface area contributed by atoms with Gasteiger partial charge in [-0.25, -0.2) is 9.78 Å². The van der Waals surface area contributed by atoms with Crippen molar-refractivity contribution < 1.29 is 14.7 Å². The van der Waals surface area contributed by atoms with Crippen molar-refractivity contribution >= 4 is 11.9 Å². The summed E-state index contributed by atoms with van der Waals surface area (Å²) < 4.78 is 0. The molecule has 0 aliphatic rings. The van der Waals surface area contributed by atoms with Crippen LogP contribution in [0.3, 0.4) is 0 Å². The van der Waals surface area contributed by atoms with Crippen molar-refractivity contribution in [3.8, 4) is 0 Å². The third-order valence-corrected chi connectivity index (χ3v) is 1.78. The number of carbonyl (C=O) groups is 2. The fraction of sp³-hybridized carbons (Fsp3) is 0.333. The van der Waals surface area contributed by atoms with E-state index in [4.69, 9.17) is 5.11 Å². The smallest absolute Gasteiger partial charge is 0.372 e. The van der Waals surface area contributed by atoms with Crippen LogP contribution >= 0.6 is 0 Å². The molecule has 1 amide bonds. The van der Waals surface area contributed by atoms with Crippen molar-refractivity contribution in [2.45, 2.75) is 13.3 Å². The average Bonchev–Trinajstić information content (AvgIpc) is 2.25. The first-order valence-corrected chi connectivity index (χ1v) is 4.67. The maximum Gasteiger partial charge on any atom is 0.372 e. The van der Waals surface area contributed by atoms with E-state index in [2.05, 4.69) is 10.3 Å². The third-order valence-electron chi connectivity index (χ3n) is 1.78. The Morgan fingerprint density at radius 2 is 2.25 bits per heavy atom. The van der Waals surface area contributed by atoms with E-state index in [1.807, 2.05) is 11.9 Å². The molecule has 0 fully saturated rings. The van der Waals surface area contributed by atoms with E-state index in [1.165, 1.54) is 0 Å². The lowest BCUT2D eigenvalue weighted by Crippen LogP contribution is -2.31. The Hall–Kier alpha value is -2.18. The van der Waals surface area contributed by atoms with Gasteiger partial charge in [0.25, 0.3) is 11.5 Å². The van der Waals surface area contributed by atoms with Crippen molar-refractivity contribution in [2.75, 3.05) is 6.54 Å². The van der Waals surface area contributed by atoms with Crippen LogP contribution < -0.4 is 10.9 Å². The van der Waals surface area contributed by atoms with Crippen LogP contribution in [0.2, 0.25) is 0 Å². The second kappa shape index (κ2) is 5.06. The fourth-order valence-electron chi connectivity index (χ4n) is 0.999. The minimum absolute atomic E-state index is 0.196. The molecule has 0 saturated carbocycles. The molecule has 86 valence electrons. The van der Waals surface area contributed by atoms with Gasteiger partial charge in [0.05, 0.1) is 0 Å². The van der Waals surface area contributed by atoms with Gasteiger partial charge in [-0.15, -0.1) is 0 Å². The molecule has 0 radical (unpaired) electrons. The Morgan fingerprint density at radius 3 is 2.75 bits per heavy atom. The topological polar surface area (TPSA) is 112 Å². The van der Waals surface area contributed by atoms with E-state index in [9.17, 15) is 14.4 Å². The predicted molar refractivity (Wildman–Crippen MR) is 54.4 cm³/mol. The summed E-state index contributed by atoms with van der Waals surface area (Å²) in [4.78, 5) is 38.6. The standard InChI is InChI=1S/C9H11N3O4/c1-2-3-10-7(13)5-4-11-6(9(15)16)12-8(5)14/h4H,2-3H2,1H3,(H,10,13)(H,15,16)(H,11,12,14). The number of aromatic nitrogens is 2. The van der Waals surface area contributed by atoms with Gasteiger partial charge in [-0.3, -0.25) is 9.59 Å². The molecule has 0 aliphatic heterocycles. The van der Waals surface area contributed by atoms with Crippen LogP contribution in [-0.2, 0) is 0 Å². The summed E-state index contributed by atoms with van der Waals surface area (Å²) in [7, 11) is 0. The summed E-state index contributed by atoms with van der Waals surface area (Å²) in [6, 6.07) is 0. The number of carboxylic acids is 1. The summed E-state index contributed by atoms with van der Waals surface area (Å²) in [6.45, 7) is 2.31. The Labute approximate surface area is 90.5 Å². The van der Waals surface area contributed by atoms with Crippen molar-refractivity contribution in [3.63, 3.8) is 0 Å². The molecule has 1 rings (SSSR count). The minimum Gasteiger partial charge on any atom is -0.475 e. The lowest BCUT2D eigenvalue weighted by molar-refractivity contribution is 0.0682. The number of nitrogens with zero attached hydrogens (tertiary/aromatic N) is 1. The van der Waals surface area contributed by atoms with Crippen LogP contribution in [0.5, 0.6) is 0 Å². The highest BCUT2D eigenvalue weighted by Gasteiger charge is 2.13. The first-order valence-electron chi connectivity index (χ1n) is 4.67. The molecule has 7 heteroatoms. The van der Waals surface area contributed by atoms with Crippen LogP contribution in [0.4, 0.5) is 0 Å². The molecule has 0 bridgehead atoms. The summed E-state index contributed by atoms with van der Waals surface area (Å²) in [5.74, 6) is -2.40. The fourth-order valence-corrected chi connectivity index (χ4v) is 0.999. The predicted octanol–water partition coefficient (Wildman–Crippen LogP) is -0.392. The van der Waals surface area contributed by atoms with Crippen LogP contribution in [0, 0.1) is 0 Å². The third kappa shape index (κ3) is 2.66. The first-order chi connectivity index (χ1) is 7.56. The molecule has 16 heavy (non-hydrogen) atoms. The van der Waals surface area contributed by atoms with Gasteiger partial charge < -0.3 is 15.4 Å². The maximum absolute atomic E-state index is 11.4. The van der Waals surface area contributed by atoms with Crippen molar-refractivity contribution in [2.24, 2.45) is 0 Å². The summed E-state index contributed by atoms with van der Waals surface area (Å²) in [5, 5.41) is 11.0. The van der Waals surface area contributed by atoms with E-state index in [-0.39, 0.29) is 5.56 Å². The number of aromatic carboxylic acids is 1. The second-order valence-electron chi connectivity index (χ2n) is 3.04. The molecule has 1 heterocycles. The number of carboxylic acid groups (broad SMARTS) is 1. The molecule has 1 aromatic rings. The number of H-pyrrole nitrogens is 1. The molecule has 0 aliphatic carbocycles. The molecule has 1 aromatic heterocycles. The number of carbonyl (C=O) groups excluding carboxylic acids is 1. The average molecular weight is 225 g/mol. The van der Waals surface area contributed by atoms with Crippen LogP contribution in [-0.4, -0.2) is 33.5 Å². The number of hydrogen-bond acceptors (Lipinski definition) is 4. The van der Waals surface area contributed by atoms with Gasteiger partial charge >= 0.3 is 5.97 Å². The lowest BCUT2D eigenvalue weighted by Gasteiger charge is -2.02. The summed E-state index contributed by atoms with van der Waals surface area (Å²) in [5.41, 5.74) is -0.959. The zero-order chi connectivity index (χ0) is 12.1. The molecular weight excluding hydrogens is 214 g/mol. The van der Waals surface area contributed by atoms with Gasteiger partial charge in [0, 0.05) is 12.7 Å². The van der Waals surface area contributed by atoms with E-state index in [0.29, 0.717) is 6.54 Å². The number of aromatic amines is 1. The van der Waals surface area contributed by atoms with Gasteiger partial charge in [0.15, 0.2) is 0 Å². The Bertz CT molecular complexity index is 466. The zero-order valence-corrected chi connectivity index (χ0v) is 8.61. The summed E-state index contributed by atoms with van der Waals surface area (Å²) in [6.07, 6.45) is 1.69. The highest BCUT2D eigenvalue weighted by Crippen LogP contribution is 1.90. The monoisotopic (exact) mass is 225 g/mol. The quantitative estimate of drug-likeness (QED) is 0.645. The maximum atomic E-state index is 11.4. The normalized spacial score (nSPS) is 9.81. The number of amides is 1. The Morgan fingerprint density at radius 1 is 1.56 bits per heavy atom. The minimum atomic E-state index is -1.35. The van der Waals surface area contributed by atoms with Gasteiger partial charge in [-0.05, 0) is 6.42 Å². The van der Waals surface area contributed by atoms with Crippen LogP contribution in [0.25, 0.3) is 0 Å². The molecule has 0 unspecified atom stereocenters. The largest absolute Gasteiger partial charge is 0.475 e. The highest BCUT2D eigenvalue weighted by atomic mass is 16.4. The molecular formula is C9H11N3O4. The van der Waals surface area contributed by atoms with E-state index in [0.717, 1.165) is 12.6 Å². The second-order valence-corrected chi connectivity index (χ2v) is 3.04.